The van der Waals surface area contributed by atoms with Crippen molar-refractivity contribution in [1.29, 1.82) is 0 Å². The Kier molecular flexibility index (Phi) is 17.9. The van der Waals surface area contributed by atoms with E-state index in [9.17, 15) is 15.3 Å². The highest BCUT2D eigenvalue weighted by atomic mass is 16.7. The summed E-state index contributed by atoms with van der Waals surface area (Å²) in [6.45, 7) is 20.0. The zero-order chi connectivity index (χ0) is 57.0. The predicted octanol–water partition coefficient (Wildman–Crippen LogP) is 16.7. The van der Waals surface area contributed by atoms with Gasteiger partial charge in [-0.05, 0) is 169 Å². The standard InChI is InChI=1S/C72H85NO8/c1-10-55(75)43-61-45-60(40-39-59-44-58(22-15-17-48(4)74)78-69(79-59)53-29-35-56(76)36-30-53)80-70(81-61)54-31-37-57(38-32-54)77-68-51(28-26-47(3)71(5,6)66-46(2)25-27-49-18-11-13-23-62(49)66)20-16-21-52(68)34-42-65-72(7,8)67-63-24-14-12-19-50(63)33-41-64(67)73(65)9/h11-14,18-19,23-38,41-42,48,55,58-61,69-70,74-76H,3,10,15-17,20-22,39-40,43-45H2,1-2,4-9H3/b28-26+,52-34+,65-42+/t48-,55?,58?,59?,60?,61?,69?,70?/m0/s1. The molecule has 6 aromatic carbocycles. The maximum atomic E-state index is 10.9. The third kappa shape index (κ3) is 13.0. The third-order valence-corrected chi connectivity index (χ3v) is 17.7. The van der Waals surface area contributed by atoms with Gasteiger partial charge in [0, 0.05) is 53.2 Å². The number of ether oxygens (including phenoxy) is 5. The SMILES string of the molecule is C=C(/C=C/C1=C(Oc2ccc(C3OC(CCC4CC(CCC[C@H](C)O)OC(c5ccc(O)cc5)O4)CC(CC(O)CC)O3)cc2)C(=C/C=C2/N(C)c3ccc4ccccc4c3C2(C)C)/CCC1)C(C)(C)c1c(C)ccc2ccccc12. The second-order valence-electron chi connectivity index (χ2n) is 24.4. The first-order valence-electron chi connectivity index (χ1n) is 29.8. The Bertz CT molecular complexity index is 3310. The van der Waals surface area contributed by atoms with Crippen molar-refractivity contribution in [3.05, 3.63) is 208 Å². The molecule has 0 bridgehead atoms. The molecule has 9 heteroatoms. The second kappa shape index (κ2) is 25.0. The summed E-state index contributed by atoms with van der Waals surface area (Å²) in [4.78, 5) is 2.35. The van der Waals surface area contributed by atoms with E-state index in [4.69, 9.17) is 30.3 Å². The van der Waals surface area contributed by atoms with E-state index >= 15 is 0 Å². The lowest BCUT2D eigenvalue weighted by molar-refractivity contribution is -0.264. The highest BCUT2D eigenvalue weighted by molar-refractivity contribution is 5.95. The normalized spacial score (nSPS) is 24.1. The fraction of sp³-hybridized carbons (Fsp3) is 0.417. The molecular weight excluding hydrogens is 1010 g/mol. The Morgan fingerprint density at radius 1 is 0.753 bits per heavy atom. The fourth-order valence-corrected chi connectivity index (χ4v) is 13.0. The van der Waals surface area contributed by atoms with Gasteiger partial charge < -0.3 is 43.9 Å². The fourth-order valence-electron chi connectivity index (χ4n) is 13.0. The number of aliphatic hydroxyl groups excluding tert-OH is 2. The van der Waals surface area contributed by atoms with E-state index in [1.807, 2.05) is 38.1 Å². The quantitative estimate of drug-likeness (QED) is 0.0683. The van der Waals surface area contributed by atoms with Crippen molar-refractivity contribution < 1.29 is 39.0 Å². The van der Waals surface area contributed by atoms with Crippen molar-refractivity contribution in [2.24, 2.45) is 0 Å². The summed E-state index contributed by atoms with van der Waals surface area (Å²) < 4.78 is 33.8. The molecule has 0 aromatic heterocycles. The lowest BCUT2D eigenvalue weighted by Gasteiger charge is -2.39. The first kappa shape index (κ1) is 57.9. The van der Waals surface area contributed by atoms with Crippen molar-refractivity contribution in [3.8, 4) is 11.5 Å². The molecule has 7 unspecified atom stereocenters. The van der Waals surface area contributed by atoms with E-state index < -0.39 is 18.7 Å². The number of hydrogen-bond acceptors (Lipinski definition) is 9. The topological polar surface area (TPSA) is 110 Å². The van der Waals surface area contributed by atoms with Crippen LogP contribution in [0.25, 0.3) is 21.5 Å². The van der Waals surface area contributed by atoms with Gasteiger partial charge in [0.1, 0.15) is 17.3 Å². The molecule has 9 nitrogen and oxygen atoms in total. The van der Waals surface area contributed by atoms with Crippen LogP contribution in [0.2, 0.25) is 0 Å². The zero-order valence-corrected chi connectivity index (χ0v) is 49.0. The van der Waals surface area contributed by atoms with Gasteiger partial charge in [-0.3, -0.25) is 0 Å². The minimum Gasteiger partial charge on any atom is -0.508 e. The number of fused-ring (bicyclic) bond motifs is 4. The molecule has 1 aliphatic carbocycles. The Morgan fingerprint density at radius 2 is 1.35 bits per heavy atom. The van der Waals surface area contributed by atoms with Crippen LogP contribution >= 0.6 is 0 Å². The van der Waals surface area contributed by atoms with Gasteiger partial charge >= 0.3 is 0 Å². The Hall–Kier alpha value is -6.30. The molecule has 2 fully saturated rings. The molecular formula is C72H85NO8. The average Bonchev–Trinajstić information content (AvgIpc) is 3.67. The highest BCUT2D eigenvalue weighted by Gasteiger charge is 2.40. The van der Waals surface area contributed by atoms with Crippen LogP contribution in [0.4, 0.5) is 5.69 Å². The van der Waals surface area contributed by atoms with Gasteiger partial charge in [0.15, 0.2) is 12.6 Å². The van der Waals surface area contributed by atoms with Gasteiger partial charge in [-0.25, -0.2) is 0 Å². The van der Waals surface area contributed by atoms with Gasteiger partial charge in [0.05, 0.1) is 36.6 Å². The molecule has 8 atom stereocenters. The molecule has 3 aliphatic heterocycles. The Labute approximate surface area is 481 Å². The minimum atomic E-state index is -0.636. The number of phenols is 1. The number of allylic oxidation sites excluding steroid dienone is 8. The second-order valence-corrected chi connectivity index (χ2v) is 24.4. The highest BCUT2D eigenvalue weighted by Crippen LogP contribution is 2.50. The maximum absolute atomic E-state index is 10.9. The molecule has 2 saturated heterocycles. The maximum Gasteiger partial charge on any atom is 0.184 e. The van der Waals surface area contributed by atoms with Crippen LogP contribution in [0, 0.1) is 6.92 Å². The van der Waals surface area contributed by atoms with Gasteiger partial charge in [-0.2, -0.15) is 0 Å². The number of likely N-dealkylation sites (N-methyl/N-ethyl adjacent to an activating group) is 1. The number of aryl methyl sites for hydroxylation is 1. The number of phenolic OH excluding ortho intramolecular Hbond substituents is 1. The van der Waals surface area contributed by atoms with Crippen molar-refractivity contribution in [3.63, 3.8) is 0 Å². The monoisotopic (exact) mass is 1090 g/mol. The number of anilines is 1. The van der Waals surface area contributed by atoms with Gasteiger partial charge in [0.2, 0.25) is 0 Å². The summed E-state index contributed by atoms with van der Waals surface area (Å²) in [5.74, 6) is 1.77. The lowest BCUT2D eigenvalue weighted by atomic mass is 9.74. The smallest absolute Gasteiger partial charge is 0.184 e. The van der Waals surface area contributed by atoms with Crippen molar-refractivity contribution in [2.45, 2.75) is 186 Å². The molecule has 426 valence electrons. The number of nitrogens with zero attached hydrogens (tertiary/aromatic N) is 1. The first-order valence-corrected chi connectivity index (χ1v) is 29.8. The van der Waals surface area contributed by atoms with Crippen LogP contribution in [-0.2, 0) is 29.8 Å². The molecule has 0 radical (unpaired) electrons. The van der Waals surface area contributed by atoms with E-state index in [2.05, 4.69) is 156 Å². The average molecular weight is 1090 g/mol. The van der Waals surface area contributed by atoms with Crippen LogP contribution in [0.1, 0.15) is 159 Å². The summed E-state index contributed by atoms with van der Waals surface area (Å²) in [6.07, 6.45) is 15.7. The van der Waals surface area contributed by atoms with Gasteiger partial charge in [-0.1, -0.05) is 150 Å². The van der Waals surface area contributed by atoms with Crippen molar-refractivity contribution >= 4 is 27.2 Å². The zero-order valence-electron chi connectivity index (χ0n) is 49.0. The van der Waals surface area contributed by atoms with Gasteiger partial charge in [0.25, 0.3) is 0 Å². The van der Waals surface area contributed by atoms with Crippen molar-refractivity contribution in [1.82, 2.24) is 0 Å². The summed E-state index contributed by atoms with van der Waals surface area (Å²) in [7, 11) is 2.19. The number of rotatable bonds is 19. The molecule has 81 heavy (non-hydrogen) atoms. The van der Waals surface area contributed by atoms with Crippen LogP contribution in [-0.4, -0.2) is 59.0 Å². The first-order chi connectivity index (χ1) is 39.0. The molecule has 0 spiro atoms. The summed E-state index contributed by atoms with van der Waals surface area (Å²) in [5, 5.41) is 35.9. The lowest BCUT2D eigenvalue weighted by Crippen LogP contribution is -2.38. The van der Waals surface area contributed by atoms with E-state index in [1.54, 1.807) is 12.1 Å². The van der Waals surface area contributed by atoms with E-state index in [0.29, 0.717) is 25.7 Å². The number of aliphatic hydroxyl groups is 2. The third-order valence-electron chi connectivity index (χ3n) is 17.7. The van der Waals surface area contributed by atoms with Gasteiger partial charge in [-0.15, -0.1) is 0 Å². The molecule has 4 aliphatic rings. The molecule has 6 aromatic rings. The number of hydrogen-bond donors (Lipinski definition) is 3. The molecule has 0 saturated carbocycles. The van der Waals surface area contributed by atoms with Crippen LogP contribution in [0.5, 0.6) is 11.5 Å². The predicted molar refractivity (Wildman–Crippen MR) is 327 cm³/mol. The van der Waals surface area contributed by atoms with Crippen LogP contribution in [0.3, 0.4) is 0 Å². The minimum absolute atomic E-state index is 0.0327. The molecule has 10 rings (SSSR count). The summed E-state index contributed by atoms with van der Waals surface area (Å²) in [6, 6.07) is 41.5. The summed E-state index contributed by atoms with van der Waals surface area (Å²) >= 11 is 0. The molecule has 3 N–H and O–H groups in total. The van der Waals surface area contributed by atoms with Crippen LogP contribution in [0.15, 0.2) is 180 Å². The molecule has 3 heterocycles. The van der Waals surface area contributed by atoms with Crippen molar-refractivity contribution in [2.75, 3.05) is 11.9 Å². The van der Waals surface area contributed by atoms with Crippen LogP contribution < -0.4 is 9.64 Å². The molecule has 0 amide bonds. The van der Waals surface area contributed by atoms with E-state index in [-0.39, 0.29) is 47.1 Å². The summed E-state index contributed by atoms with van der Waals surface area (Å²) in [5.41, 5.74) is 10.8. The Morgan fingerprint density at radius 3 is 2.01 bits per heavy atom. The van der Waals surface area contributed by atoms with E-state index in [1.165, 1.54) is 49.6 Å². The Balaban J connectivity index is 0.920. The largest absolute Gasteiger partial charge is 0.508 e. The number of benzene rings is 6. The number of aromatic hydroxyl groups is 1. The van der Waals surface area contributed by atoms with E-state index in [0.717, 1.165) is 90.7 Å².